The largest absolute Gasteiger partial charge is 0.494 e. The van der Waals surface area contributed by atoms with E-state index in [1.165, 1.54) is 0 Å². The number of hydrogen-bond acceptors (Lipinski definition) is 5. The molecule has 0 atom stereocenters. The van der Waals surface area contributed by atoms with E-state index >= 15 is 0 Å². The molecule has 3 rings (SSSR count). The zero-order valence-electron chi connectivity index (χ0n) is 15.6. The summed E-state index contributed by atoms with van der Waals surface area (Å²) < 4.78 is 10.9. The summed E-state index contributed by atoms with van der Waals surface area (Å²) in [4.78, 5) is 12.4. The second kappa shape index (κ2) is 9.56. The zero-order valence-corrected chi connectivity index (χ0v) is 17.1. The number of benzene rings is 2. The van der Waals surface area contributed by atoms with Gasteiger partial charge in [0, 0.05) is 16.8 Å². The van der Waals surface area contributed by atoms with Crippen LogP contribution in [0.15, 0.2) is 59.0 Å². The summed E-state index contributed by atoms with van der Waals surface area (Å²) in [5.74, 6) is 1.22. The standard InChI is InChI=1S/C21H19ClN2O4S/c1-2-27-15-5-3-4-13(10-15)20(26)24-21(29)23-14-6-8-18(22)17(11-14)19-9-7-16(12-25)28-19/h3-11,25H,2,12H2,1H3,(H2,23,24,26,29). The fourth-order valence-corrected chi connectivity index (χ4v) is 3.05. The van der Waals surface area contributed by atoms with E-state index in [2.05, 4.69) is 10.6 Å². The van der Waals surface area contributed by atoms with Crippen LogP contribution in [0.2, 0.25) is 5.02 Å². The molecule has 0 saturated heterocycles. The van der Waals surface area contributed by atoms with Gasteiger partial charge < -0.3 is 19.6 Å². The molecule has 1 heterocycles. The van der Waals surface area contributed by atoms with Gasteiger partial charge in [0.05, 0.1) is 11.6 Å². The molecule has 0 saturated carbocycles. The molecule has 2 aromatic carbocycles. The number of halogens is 1. The minimum absolute atomic E-state index is 0.139. The van der Waals surface area contributed by atoms with Gasteiger partial charge >= 0.3 is 0 Å². The molecule has 0 radical (unpaired) electrons. The first kappa shape index (κ1) is 20.9. The molecule has 0 aliphatic rings. The van der Waals surface area contributed by atoms with Crippen LogP contribution in [0.1, 0.15) is 23.0 Å². The predicted octanol–water partition coefficient (Wildman–Crippen LogP) is 4.62. The van der Waals surface area contributed by atoms with Crippen molar-refractivity contribution in [3.8, 4) is 17.1 Å². The number of thiocarbonyl (C=S) groups is 1. The number of carbonyl (C=O) groups is 1. The van der Waals surface area contributed by atoms with Crippen molar-refractivity contribution in [2.24, 2.45) is 0 Å². The fourth-order valence-electron chi connectivity index (χ4n) is 2.63. The molecule has 0 bridgehead atoms. The van der Waals surface area contributed by atoms with Crippen molar-refractivity contribution in [1.29, 1.82) is 0 Å². The normalized spacial score (nSPS) is 10.4. The number of ether oxygens (including phenoxy) is 1. The fraction of sp³-hybridized carbons (Fsp3) is 0.143. The Hall–Kier alpha value is -2.87. The van der Waals surface area contributed by atoms with Gasteiger partial charge in [0.25, 0.3) is 5.91 Å². The van der Waals surface area contributed by atoms with Crippen molar-refractivity contribution in [3.05, 3.63) is 70.9 Å². The Bertz CT molecular complexity index is 1040. The molecule has 150 valence electrons. The molecule has 1 aromatic heterocycles. The van der Waals surface area contributed by atoms with Gasteiger partial charge in [-0.2, -0.15) is 0 Å². The van der Waals surface area contributed by atoms with Crippen LogP contribution < -0.4 is 15.4 Å². The van der Waals surface area contributed by atoms with Gasteiger partial charge in [0.1, 0.15) is 23.9 Å². The van der Waals surface area contributed by atoms with Crippen molar-refractivity contribution in [2.75, 3.05) is 11.9 Å². The third kappa shape index (κ3) is 5.35. The number of carbonyl (C=O) groups excluding carboxylic acids is 1. The minimum atomic E-state index is -0.350. The monoisotopic (exact) mass is 430 g/mol. The molecular formula is C21H19ClN2O4S. The van der Waals surface area contributed by atoms with Gasteiger partial charge in [-0.15, -0.1) is 0 Å². The Morgan fingerprint density at radius 3 is 2.76 bits per heavy atom. The SMILES string of the molecule is CCOc1cccc(C(=O)NC(=S)Nc2ccc(Cl)c(-c3ccc(CO)o3)c2)c1. The van der Waals surface area contributed by atoms with Crippen LogP contribution in [0.4, 0.5) is 5.69 Å². The van der Waals surface area contributed by atoms with Crippen LogP contribution in [0, 0.1) is 0 Å². The number of furan rings is 1. The number of anilines is 1. The van der Waals surface area contributed by atoms with Crippen LogP contribution >= 0.6 is 23.8 Å². The number of rotatable bonds is 6. The number of hydrogen-bond donors (Lipinski definition) is 3. The predicted molar refractivity (Wildman–Crippen MR) is 116 cm³/mol. The van der Waals surface area contributed by atoms with E-state index < -0.39 is 0 Å². The molecule has 3 N–H and O–H groups in total. The smallest absolute Gasteiger partial charge is 0.257 e. The van der Waals surface area contributed by atoms with Gasteiger partial charge in [-0.1, -0.05) is 17.7 Å². The topological polar surface area (TPSA) is 83.7 Å². The minimum Gasteiger partial charge on any atom is -0.494 e. The Morgan fingerprint density at radius 1 is 1.21 bits per heavy atom. The van der Waals surface area contributed by atoms with Crippen molar-refractivity contribution >= 4 is 40.5 Å². The molecule has 0 aliphatic heterocycles. The highest BCUT2D eigenvalue weighted by atomic mass is 35.5. The van der Waals surface area contributed by atoms with Crippen molar-refractivity contribution in [3.63, 3.8) is 0 Å². The van der Waals surface area contributed by atoms with Crippen LogP contribution in [-0.4, -0.2) is 22.7 Å². The summed E-state index contributed by atoms with van der Waals surface area (Å²) in [6.07, 6.45) is 0. The number of nitrogens with one attached hydrogen (secondary N) is 2. The average Bonchev–Trinajstić information content (AvgIpc) is 3.19. The maximum atomic E-state index is 12.4. The zero-order chi connectivity index (χ0) is 20.8. The average molecular weight is 431 g/mol. The van der Waals surface area contributed by atoms with Crippen molar-refractivity contribution in [1.82, 2.24) is 5.32 Å². The van der Waals surface area contributed by atoms with E-state index in [9.17, 15) is 4.79 Å². The summed E-state index contributed by atoms with van der Waals surface area (Å²) >= 11 is 11.5. The lowest BCUT2D eigenvalue weighted by Crippen LogP contribution is -2.34. The van der Waals surface area contributed by atoms with Crippen LogP contribution in [0.25, 0.3) is 11.3 Å². The molecular weight excluding hydrogens is 412 g/mol. The molecule has 0 aliphatic carbocycles. The Labute approximate surface area is 178 Å². The Balaban J connectivity index is 1.70. The molecule has 1 amide bonds. The Kier molecular flexibility index (Phi) is 6.87. The highest BCUT2D eigenvalue weighted by Gasteiger charge is 2.12. The number of aliphatic hydroxyl groups is 1. The summed E-state index contributed by atoms with van der Waals surface area (Å²) in [6.45, 7) is 2.19. The lowest BCUT2D eigenvalue weighted by atomic mass is 10.1. The molecule has 0 fully saturated rings. The van der Waals surface area contributed by atoms with Gasteiger partial charge in [-0.25, -0.2) is 0 Å². The summed E-state index contributed by atoms with van der Waals surface area (Å²) in [5.41, 5.74) is 1.69. The quantitative estimate of drug-likeness (QED) is 0.495. The molecule has 29 heavy (non-hydrogen) atoms. The van der Waals surface area contributed by atoms with Crippen LogP contribution in [-0.2, 0) is 6.61 Å². The highest BCUT2D eigenvalue weighted by molar-refractivity contribution is 7.80. The van der Waals surface area contributed by atoms with E-state index in [1.54, 1.807) is 54.6 Å². The highest BCUT2D eigenvalue weighted by Crippen LogP contribution is 2.32. The first-order valence-electron chi connectivity index (χ1n) is 8.85. The van der Waals surface area contributed by atoms with E-state index in [0.29, 0.717) is 45.7 Å². The summed E-state index contributed by atoms with van der Waals surface area (Å²) in [7, 11) is 0. The number of amides is 1. The molecule has 3 aromatic rings. The maximum absolute atomic E-state index is 12.4. The first-order valence-corrected chi connectivity index (χ1v) is 9.63. The number of aliphatic hydroxyl groups excluding tert-OH is 1. The van der Waals surface area contributed by atoms with Crippen molar-refractivity contribution in [2.45, 2.75) is 13.5 Å². The maximum Gasteiger partial charge on any atom is 0.257 e. The molecule has 0 spiro atoms. The first-order chi connectivity index (χ1) is 14.0. The third-order valence-electron chi connectivity index (χ3n) is 3.94. The summed E-state index contributed by atoms with van der Waals surface area (Å²) in [5, 5.41) is 15.4. The lowest BCUT2D eigenvalue weighted by molar-refractivity contribution is 0.0977. The second-order valence-corrected chi connectivity index (χ2v) is 6.80. The van der Waals surface area contributed by atoms with E-state index in [0.717, 1.165) is 0 Å². The third-order valence-corrected chi connectivity index (χ3v) is 4.48. The van der Waals surface area contributed by atoms with Gasteiger partial charge in [0.15, 0.2) is 5.11 Å². The van der Waals surface area contributed by atoms with Gasteiger partial charge in [-0.05, 0) is 67.7 Å². The van der Waals surface area contributed by atoms with E-state index in [1.807, 2.05) is 6.92 Å². The van der Waals surface area contributed by atoms with Crippen LogP contribution in [0.3, 0.4) is 0 Å². The molecule has 8 heteroatoms. The second-order valence-electron chi connectivity index (χ2n) is 5.99. The van der Waals surface area contributed by atoms with Crippen LogP contribution in [0.5, 0.6) is 5.75 Å². The molecule has 6 nitrogen and oxygen atoms in total. The van der Waals surface area contributed by atoms with E-state index in [4.69, 9.17) is 38.1 Å². The van der Waals surface area contributed by atoms with E-state index in [-0.39, 0.29) is 17.6 Å². The Morgan fingerprint density at radius 2 is 2.03 bits per heavy atom. The van der Waals surface area contributed by atoms with Gasteiger partial charge in [-0.3, -0.25) is 10.1 Å². The summed E-state index contributed by atoms with van der Waals surface area (Å²) in [6, 6.07) is 15.4. The lowest BCUT2D eigenvalue weighted by Gasteiger charge is -2.12. The van der Waals surface area contributed by atoms with Gasteiger partial charge in [0.2, 0.25) is 0 Å². The molecule has 0 unspecified atom stereocenters. The van der Waals surface area contributed by atoms with Crippen molar-refractivity contribution < 1.29 is 19.1 Å².